The number of carbonyl (C=O) groups is 2. The monoisotopic (exact) mass is 518 g/mol. The molecule has 36 heavy (non-hydrogen) atoms. The van der Waals surface area contributed by atoms with Crippen molar-refractivity contribution in [3.8, 4) is 0 Å². The van der Waals surface area contributed by atoms with Gasteiger partial charge in [0.15, 0.2) is 0 Å². The van der Waals surface area contributed by atoms with Crippen molar-refractivity contribution in [2.75, 3.05) is 4.90 Å². The third kappa shape index (κ3) is 6.32. The number of rotatable bonds is 7. The number of nitrogens with one attached hydrogen (secondary N) is 1. The Morgan fingerprint density at radius 1 is 1.03 bits per heavy atom. The smallest absolute Gasteiger partial charge is 0.351 e. The van der Waals surface area contributed by atoms with Crippen molar-refractivity contribution in [2.45, 2.75) is 56.8 Å². The summed E-state index contributed by atoms with van der Waals surface area (Å²) in [4.78, 5) is 28.4. The predicted octanol–water partition coefficient (Wildman–Crippen LogP) is 6.67. The average molecular weight is 519 g/mol. The van der Waals surface area contributed by atoms with Gasteiger partial charge in [0.2, 0.25) is 11.8 Å². The van der Waals surface area contributed by atoms with Crippen molar-refractivity contribution in [1.82, 2.24) is 5.32 Å². The summed E-state index contributed by atoms with van der Waals surface area (Å²) in [7, 11) is 0. The molecule has 190 valence electrons. The highest BCUT2D eigenvalue weighted by molar-refractivity contribution is 7.08. The number of anilines is 1. The summed E-state index contributed by atoms with van der Waals surface area (Å²) in [5.74, 6) is -1.58. The largest absolute Gasteiger partial charge is 0.416 e. The van der Waals surface area contributed by atoms with E-state index in [1.165, 1.54) is 47.7 Å². The summed E-state index contributed by atoms with van der Waals surface area (Å²) in [6.45, 7) is 0. The summed E-state index contributed by atoms with van der Waals surface area (Å²) >= 11 is 1.39. The summed E-state index contributed by atoms with van der Waals surface area (Å²) in [6, 6.07) is 9.88. The lowest BCUT2D eigenvalue weighted by molar-refractivity contribution is -0.137. The third-order valence-corrected chi connectivity index (χ3v) is 7.03. The molecule has 3 aromatic rings. The van der Waals surface area contributed by atoms with E-state index in [1.54, 1.807) is 16.8 Å². The first-order valence-electron chi connectivity index (χ1n) is 11.8. The van der Waals surface area contributed by atoms with Crippen molar-refractivity contribution in [1.29, 1.82) is 0 Å². The molecule has 1 heterocycles. The number of hydrogen-bond donors (Lipinski definition) is 1. The summed E-state index contributed by atoms with van der Waals surface area (Å²) in [6.07, 6.45) is -0.172. The number of carbonyl (C=O) groups excluding carboxylic acids is 2. The highest BCUT2D eigenvalue weighted by atomic mass is 32.1. The van der Waals surface area contributed by atoms with E-state index in [0.29, 0.717) is 11.1 Å². The van der Waals surface area contributed by atoms with E-state index in [1.807, 2.05) is 0 Å². The van der Waals surface area contributed by atoms with E-state index < -0.39 is 35.4 Å². The molecule has 1 saturated carbocycles. The first-order chi connectivity index (χ1) is 17.2. The van der Waals surface area contributed by atoms with Crippen LogP contribution in [0.4, 0.5) is 23.2 Å². The second-order valence-electron chi connectivity index (χ2n) is 8.92. The van der Waals surface area contributed by atoms with Crippen molar-refractivity contribution in [2.24, 2.45) is 0 Å². The minimum atomic E-state index is -4.63. The molecule has 9 heteroatoms. The number of halogens is 4. The Hall–Kier alpha value is -3.20. The zero-order chi connectivity index (χ0) is 25.7. The lowest BCUT2D eigenvalue weighted by atomic mass is 9.94. The Balaban J connectivity index is 1.79. The highest BCUT2D eigenvalue weighted by Gasteiger charge is 2.36. The molecule has 0 aliphatic heterocycles. The molecule has 1 aliphatic rings. The van der Waals surface area contributed by atoms with Crippen molar-refractivity contribution in [3.63, 3.8) is 0 Å². The molecular weight excluding hydrogens is 492 g/mol. The van der Waals surface area contributed by atoms with Crippen LogP contribution in [0.2, 0.25) is 0 Å². The molecular formula is C27H26F4N2O2S. The van der Waals surface area contributed by atoms with Crippen LogP contribution in [-0.4, -0.2) is 17.9 Å². The van der Waals surface area contributed by atoms with Crippen LogP contribution >= 0.6 is 11.3 Å². The van der Waals surface area contributed by atoms with Crippen molar-refractivity contribution < 1.29 is 27.2 Å². The maximum Gasteiger partial charge on any atom is 0.416 e. The van der Waals surface area contributed by atoms with Crippen molar-refractivity contribution in [3.05, 3.63) is 87.9 Å². The highest BCUT2D eigenvalue weighted by Crippen LogP contribution is 2.35. The average Bonchev–Trinajstić information content (AvgIpc) is 3.36. The second-order valence-corrected chi connectivity index (χ2v) is 9.70. The van der Waals surface area contributed by atoms with Crippen LogP contribution in [-0.2, 0) is 22.2 Å². The maximum absolute atomic E-state index is 13.7. The van der Waals surface area contributed by atoms with Gasteiger partial charge in [-0.05, 0) is 71.1 Å². The Bertz CT molecular complexity index is 1170. The van der Waals surface area contributed by atoms with Gasteiger partial charge in [0.1, 0.15) is 11.9 Å². The van der Waals surface area contributed by atoms with Crippen LogP contribution in [0.5, 0.6) is 0 Å². The molecule has 4 rings (SSSR count). The number of hydrogen-bond acceptors (Lipinski definition) is 3. The van der Waals surface area contributed by atoms with E-state index in [-0.39, 0.29) is 18.2 Å². The molecule has 4 nitrogen and oxygen atoms in total. The lowest BCUT2D eigenvalue weighted by Crippen LogP contribution is -2.47. The van der Waals surface area contributed by atoms with Gasteiger partial charge in [-0.3, -0.25) is 14.5 Å². The van der Waals surface area contributed by atoms with Gasteiger partial charge in [0.05, 0.1) is 12.0 Å². The fourth-order valence-electron chi connectivity index (χ4n) is 4.51. The van der Waals surface area contributed by atoms with E-state index in [9.17, 15) is 27.2 Å². The van der Waals surface area contributed by atoms with Crippen molar-refractivity contribution >= 4 is 28.8 Å². The number of amides is 2. The SMILES string of the molecule is O=C(NC1CCCCC1)C(c1ccc(F)cc1)N(C(=O)Cc1ccsc1)c1cccc(C(F)(F)F)c1. The van der Waals surface area contributed by atoms with E-state index in [0.717, 1.165) is 49.1 Å². The Morgan fingerprint density at radius 2 is 1.75 bits per heavy atom. The quantitative estimate of drug-likeness (QED) is 0.355. The predicted molar refractivity (Wildman–Crippen MR) is 131 cm³/mol. The minimum Gasteiger partial charge on any atom is -0.351 e. The molecule has 0 radical (unpaired) electrons. The van der Waals surface area contributed by atoms with Crippen LogP contribution in [0.15, 0.2) is 65.4 Å². The van der Waals surface area contributed by atoms with Gasteiger partial charge in [-0.2, -0.15) is 24.5 Å². The molecule has 0 saturated heterocycles. The van der Waals surface area contributed by atoms with Gasteiger partial charge in [-0.1, -0.05) is 37.5 Å². The molecule has 2 aromatic carbocycles. The molecule has 2 amide bonds. The van der Waals surface area contributed by atoms with Crippen LogP contribution < -0.4 is 10.2 Å². The summed E-state index contributed by atoms with van der Waals surface area (Å²) in [5.41, 5.74) is 0.00497. The fourth-order valence-corrected chi connectivity index (χ4v) is 5.18. The Kier molecular flexibility index (Phi) is 8.08. The van der Waals surface area contributed by atoms with Gasteiger partial charge < -0.3 is 5.32 Å². The summed E-state index contributed by atoms with van der Waals surface area (Å²) < 4.78 is 54.4. The molecule has 1 unspecified atom stereocenters. The standard InChI is InChI=1S/C27H26F4N2O2S/c28-21-11-9-19(10-12-21)25(26(35)32-22-6-2-1-3-7-22)33(24(34)15-18-13-14-36-17-18)23-8-4-5-20(16-23)27(29,30)31/h4-5,8-14,16-17,22,25H,1-3,6-7,15H2,(H,32,35). The molecule has 1 atom stereocenters. The number of thiophene rings is 1. The zero-order valence-corrected chi connectivity index (χ0v) is 20.2. The van der Waals surface area contributed by atoms with E-state index in [2.05, 4.69) is 5.32 Å². The topological polar surface area (TPSA) is 49.4 Å². The third-order valence-electron chi connectivity index (χ3n) is 6.30. The summed E-state index contributed by atoms with van der Waals surface area (Å²) in [5, 5.41) is 6.57. The second kappa shape index (κ2) is 11.2. The van der Waals surface area contributed by atoms with Gasteiger partial charge in [0.25, 0.3) is 0 Å². The lowest BCUT2D eigenvalue weighted by Gasteiger charge is -2.34. The van der Waals surface area contributed by atoms with Gasteiger partial charge in [-0.25, -0.2) is 4.39 Å². The number of nitrogens with zero attached hydrogens (tertiary/aromatic N) is 1. The molecule has 0 spiro atoms. The van der Waals surface area contributed by atoms with Crippen LogP contribution in [0.25, 0.3) is 0 Å². The first kappa shape index (κ1) is 25.9. The van der Waals surface area contributed by atoms with E-state index >= 15 is 0 Å². The molecule has 1 aromatic heterocycles. The molecule has 1 N–H and O–H groups in total. The van der Waals surface area contributed by atoms with Crippen LogP contribution in [0.3, 0.4) is 0 Å². The normalized spacial score (nSPS) is 15.3. The Morgan fingerprint density at radius 3 is 2.39 bits per heavy atom. The molecule has 1 fully saturated rings. The van der Waals surface area contributed by atoms with Gasteiger partial charge >= 0.3 is 6.18 Å². The number of benzene rings is 2. The van der Waals surface area contributed by atoms with Gasteiger partial charge in [0, 0.05) is 11.7 Å². The zero-order valence-electron chi connectivity index (χ0n) is 19.4. The minimum absolute atomic E-state index is 0.0572. The number of alkyl halides is 3. The van der Waals surface area contributed by atoms with Gasteiger partial charge in [-0.15, -0.1) is 0 Å². The first-order valence-corrected chi connectivity index (χ1v) is 12.7. The van der Waals surface area contributed by atoms with E-state index in [4.69, 9.17) is 0 Å². The maximum atomic E-state index is 13.7. The molecule has 0 bridgehead atoms. The van der Waals surface area contributed by atoms with Crippen LogP contribution in [0, 0.1) is 5.82 Å². The van der Waals surface area contributed by atoms with Crippen LogP contribution in [0.1, 0.15) is 54.8 Å². The Labute approximate surface area is 210 Å². The molecule has 1 aliphatic carbocycles. The fraction of sp³-hybridized carbons (Fsp3) is 0.333.